The third-order valence-electron chi connectivity index (χ3n) is 4.54. The summed E-state index contributed by atoms with van der Waals surface area (Å²) in [5.74, 6) is -0.672. The summed E-state index contributed by atoms with van der Waals surface area (Å²) in [6, 6.07) is 2.26. The number of methoxy groups -OCH3 is 1. The molecule has 0 radical (unpaired) electrons. The van der Waals surface area contributed by atoms with Gasteiger partial charge in [0.1, 0.15) is 6.04 Å². The Morgan fingerprint density at radius 1 is 1.29 bits per heavy atom. The van der Waals surface area contributed by atoms with Gasteiger partial charge in [-0.3, -0.25) is 24.1 Å². The summed E-state index contributed by atoms with van der Waals surface area (Å²) in [5, 5.41) is 5.36. The zero-order valence-corrected chi connectivity index (χ0v) is 15.6. The van der Waals surface area contributed by atoms with Gasteiger partial charge in [-0.1, -0.05) is 0 Å². The van der Waals surface area contributed by atoms with Gasteiger partial charge in [0.05, 0.1) is 25.8 Å². The molecule has 1 atom stereocenters. The molecule has 0 unspecified atom stereocenters. The van der Waals surface area contributed by atoms with Gasteiger partial charge >= 0.3 is 5.97 Å². The van der Waals surface area contributed by atoms with Crippen molar-refractivity contribution in [2.75, 3.05) is 38.9 Å². The van der Waals surface area contributed by atoms with E-state index in [4.69, 9.17) is 9.47 Å². The fraction of sp³-hybridized carbons (Fsp3) is 0.444. The first-order chi connectivity index (χ1) is 13.4. The van der Waals surface area contributed by atoms with Gasteiger partial charge in [-0.2, -0.15) is 0 Å². The largest absolute Gasteiger partial charge is 0.469 e. The van der Waals surface area contributed by atoms with Crippen LogP contribution in [-0.4, -0.2) is 68.0 Å². The van der Waals surface area contributed by atoms with Crippen molar-refractivity contribution in [1.82, 2.24) is 10.2 Å². The quantitative estimate of drug-likeness (QED) is 0.510. The van der Waals surface area contributed by atoms with Crippen LogP contribution in [0.4, 0.5) is 5.69 Å². The second-order valence-electron chi connectivity index (χ2n) is 6.41. The number of hydrogen-bond donors (Lipinski definition) is 2. The number of carbonyl (C=O) groups excluding carboxylic acids is 4. The number of piperazine rings is 1. The van der Waals surface area contributed by atoms with E-state index in [0.29, 0.717) is 35.8 Å². The predicted molar refractivity (Wildman–Crippen MR) is 96.2 cm³/mol. The van der Waals surface area contributed by atoms with Gasteiger partial charge in [0.2, 0.25) is 18.6 Å². The van der Waals surface area contributed by atoms with Gasteiger partial charge in [-0.15, -0.1) is 0 Å². The van der Waals surface area contributed by atoms with Crippen LogP contribution in [0.25, 0.3) is 0 Å². The number of ether oxygens (including phenoxy) is 3. The Hall–Kier alpha value is -3.14. The van der Waals surface area contributed by atoms with Crippen LogP contribution in [0, 0.1) is 0 Å². The number of benzene rings is 1. The minimum absolute atomic E-state index is 0.0438. The topological polar surface area (TPSA) is 123 Å². The SMILES string of the molecule is COC(=O)C[C@H]1C(=O)NCCN1CC(=O)Nc1cc2c(cc1C(C)=O)OCO2. The minimum Gasteiger partial charge on any atom is -0.469 e. The summed E-state index contributed by atoms with van der Waals surface area (Å²) in [7, 11) is 1.24. The van der Waals surface area contributed by atoms with Crippen molar-refractivity contribution in [3.63, 3.8) is 0 Å². The summed E-state index contributed by atoms with van der Waals surface area (Å²) in [6.45, 7) is 2.08. The average molecular weight is 391 g/mol. The molecule has 1 saturated heterocycles. The number of anilines is 1. The lowest BCUT2D eigenvalue weighted by molar-refractivity contribution is -0.146. The van der Waals surface area contributed by atoms with Crippen LogP contribution in [0.15, 0.2) is 12.1 Å². The molecule has 2 heterocycles. The van der Waals surface area contributed by atoms with Crippen molar-refractivity contribution in [3.05, 3.63) is 17.7 Å². The molecule has 10 heteroatoms. The van der Waals surface area contributed by atoms with Crippen LogP contribution in [0.5, 0.6) is 11.5 Å². The Bertz CT molecular complexity index is 824. The summed E-state index contributed by atoms with van der Waals surface area (Å²) < 4.78 is 15.2. The molecular weight excluding hydrogens is 370 g/mol. The third kappa shape index (κ3) is 4.22. The highest BCUT2D eigenvalue weighted by Gasteiger charge is 2.33. The number of hydrogen-bond acceptors (Lipinski definition) is 8. The lowest BCUT2D eigenvalue weighted by Crippen LogP contribution is -2.57. The fourth-order valence-electron chi connectivity index (χ4n) is 3.13. The molecule has 1 aromatic carbocycles. The number of fused-ring (bicyclic) bond motifs is 1. The predicted octanol–water partition coefficient (Wildman–Crippen LogP) is -0.0801. The first kappa shape index (κ1) is 19.6. The van der Waals surface area contributed by atoms with Gasteiger partial charge in [-0.05, 0) is 13.0 Å². The molecule has 0 aliphatic carbocycles. The molecule has 1 aromatic rings. The fourth-order valence-corrected chi connectivity index (χ4v) is 3.13. The van der Waals surface area contributed by atoms with Crippen molar-refractivity contribution < 1.29 is 33.4 Å². The molecule has 2 aliphatic heterocycles. The zero-order chi connectivity index (χ0) is 20.3. The summed E-state index contributed by atoms with van der Waals surface area (Å²) in [6.07, 6.45) is -0.154. The molecule has 28 heavy (non-hydrogen) atoms. The number of carbonyl (C=O) groups is 4. The number of ketones is 1. The van der Waals surface area contributed by atoms with Crippen LogP contribution >= 0.6 is 0 Å². The van der Waals surface area contributed by atoms with E-state index in [-0.39, 0.29) is 31.4 Å². The number of esters is 1. The maximum absolute atomic E-state index is 12.6. The maximum Gasteiger partial charge on any atom is 0.307 e. The lowest BCUT2D eigenvalue weighted by atomic mass is 10.1. The van der Waals surface area contributed by atoms with Crippen LogP contribution in [0.2, 0.25) is 0 Å². The molecule has 2 amide bonds. The number of Topliss-reactive ketones (excluding diaryl/α,β-unsaturated/α-hetero) is 1. The Balaban J connectivity index is 1.73. The molecule has 3 rings (SSSR count). The van der Waals surface area contributed by atoms with Crippen molar-refractivity contribution in [2.45, 2.75) is 19.4 Å². The van der Waals surface area contributed by atoms with Gasteiger partial charge in [0.25, 0.3) is 0 Å². The normalized spacial score (nSPS) is 18.4. The van der Waals surface area contributed by atoms with Gasteiger partial charge in [-0.25, -0.2) is 0 Å². The van der Waals surface area contributed by atoms with E-state index in [9.17, 15) is 19.2 Å². The van der Waals surface area contributed by atoms with E-state index < -0.39 is 17.9 Å². The van der Waals surface area contributed by atoms with E-state index in [2.05, 4.69) is 15.4 Å². The lowest BCUT2D eigenvalue weighted by Gasteiger charge is -2.33. The Morgan fingerprint density at radius 3 is 2.68 bits per heavy atom. The smallest absolute Gasteiger partial charge is 0.307 e. The van der Waals surface area contributed by atoms with Crippen molar-refractivity contribution in [1.29, 1.82) is 0 Å². The standard InChI is InChI=1S/C18H21N3O7/c1-10(22)11-5-14-15(28-9-27-14)6-12(11)20-16(23)8-21-4-3-19-18(25)13(21)7-17(24)26-2/h5-6,13H,3-4,7-9H2,1-2H3,(H,19,25)(H,20,23)/t13-/m0/s1. The molecule has 0 bridgehead atoms. The second-order valence-corrected chi connectivity index (χ2v) is 6.41. The first-order valence-corrected chi connectivity index (χ1v) is 8.72. The Labute approximate surface area is 161 Å². The minimum atomic E-state index is -0.795. The summed E-state index contributed by atoms with van der Waals surface area (Å²) >= 11 is 0. The molecule has 0 saturated carbocycles. The van der Waals surface area contributed by atoms with E-state index in [1.807, 2.05) is 0 Å². The number of nitrogens with one attached hydrogen (secondary N) is 2. The van der Waals surface area contributed by atoms with Crippen molar-refractivity contribution in [2.24, 2.45) is 0 Å². The Kier molecular flexibility index (Phi) is 5.78. The molecule has 150 valence electrons. The van der Waals surface area contributed by atoms with Gasteiger partial charge < -0.3 is 24.8 Å². The molecular formula is C18H21N3O7. The molecule has 2 aliphatic rings. The van der Waals surface area contributed by atoms with E-state index in [1.54, 1.807) is 4.90 Å². The van der Waals surface area contributed by atoms with Crippen LogP contribution in [-0.2, 0) is 19.1 Å². The zero-order valence-electron chi connectivity index (χ0n) is 15.6. The Morgan fingerprint density at radius 2 is 2.00 bits per heavy atom. The third-order valence-corrected chi connectivity index (χ3v) is 4.54. The molecule has 1 fully saturated rings. The monoisotopic (exact) mass is 391 g/mol. The van der Waals surface area contributed by atoms with Crippen LogP contribution in [0.1, 0.15) is 23.7 Å². The van der Waals surface area contributed by atoms with Crippen LogP contribution in [0.3, 0.4) is 0 Å². The second kappa shape index (κ2) is 8.26. The summed E-state index contributed by atoms with van der Waals surface area (Å²) in [5.41, 5.74) is 0.591. The number of nitrogens with zero attached hydrogens (tertiary/aromatic N) is 1. The number of amides is 2. The van der Waals surface area contributed by atoms with E-state index in [0.717, 1.165) is 0 Å². The molecule has 0 spiro atoms. The first-order valence-electron chi connectivity index (χ1n) is 8.72. The van der Waals surface area contributed by atoms with Gasteiger partial charge in [0, 0.05) is 24.7 Å². The summed E-state index contributed by atoms with van der Waals surface area (Å²) in [4.78, 5) is 49.8. The van der Waals surface area contributed by atoms with E-state index in [1.165, 1.54) is 26.2 Å². The van der Waals surface area contributed by atoms with E-state index >= 15 is 0 Å². The molecule has 2 N–H and O–H groups in total. The number of rotatable bonds is 6. The van der Waals surface area contributed by atoms with Crippen molar-refractivity contribution >= 4 is 29.3 Å². The molecule has 0 aromatic heterocycles. The highest BCUT2D eigenvalue weighted by molar-refractivity contribution is 6.05. The van der Waals surface area contributed by atoms with Crippen LogP contribution < -0.4 is 20.1 Å². The van der Waals surface area contributed by atoms with Gasteiger partial charge in [0.15, 0.2) is 17.3 Å². The molecule has 10 nitrogen and oxygen atoms in total. The highest BCUT2D eigenvalue weighted by Crippen LogP contribution is 2.37. The highest BCUT2D eigenvalue weighted by atomic mass is 16.7. The van der Waals surface area contributed by atoms with Crippen molar-refractivity contribution in [3.8, 4) is 11.5 Å². The average Bonchev–Trinajstić information content (AvgIpc) is 3.10. The maximum atomic E-state index is 12.6.